The van der Waals surface area contributed by atoms with Crippen LogP contribution in [-0.2, 0) is 9.47 Å². The Hall–Kier alpha value is -1.50. The molecular weight excluding hydrogens is 248 g/mol. The Balaban J connectivity index is 0.00000256. The van der Waals surface area contributed by atoms with E-state index in [2.05, 4.69) is 14.9 Å². The van der Waals surface area contributed by atoms with Crippen LogP contribution in [0.4, 0.5) is 4.79 Å². The lowest BCUT2D eigenvalue weighted by Gasteiger charge is -2.09. The fraction of sp³-hybridized carbons (Fsp3) is 0.667. The highest BCUT2D eigenvalue weighted by Crippen LogP contribution is 2.20. The van der Waals surface area contributed by atoms with Gasteiger partial charge in [0.05, 0.1) is 6.61 Å². The van der Waals surface area contributed by atoms with Crippen LogP contribution in [0, 0.1) is 0 Å². The third-order valence-electron chi connectivity index (χ3n) is 2.05. The van der Waals surface area contributed by atoms with Crippen LogP contribution in [0.25, 0.3) is 0 Å². The van der Waals surface area contributed by atoms with Gasteiger partial charge in [-0.25, -0.2) is 4.79 Å². The predicted octanol–water partition coefficient (Wildman–Crippen LogP) is 0.763. The van der Waals surface area contributed by atoms with Crippen LogP contribution in [0.2, 0.25) is 0 Å². The van der Waals surface area contributed by atoms with Gasteiger partial charge in [0.25, 0.3) is 0 Å². The SMILES string of the molecule is CCOC(=O)OC1CC/C(=N\N=C(N)N)C1.Cl. The highest BCUT2D eigenvalue weighted by Gasteiger charge is 2.24. The molecule has 17 heavy (non-hydrogen) atoms. The second-order valence-corrected chi connectivity index (χ2v) is 3.36. The molecule has 1 aliphatic rings. The molecule has 1 fully saturated rings. The van der Waals surface area contributed by atoms with Crippen LogP contribution >= 0.6 is 12.4 Å². The van der Waals surface area contributed by atoms with Crippen LogP contribution in [0.3, 0.4) is 0 Å². The Morgan fingerprint density at radius 3 is 2.82 bits per heavy atom. The molecule has 1 unspecified atom stereocenters. The van der Waals surface area contributed by atoms with E-state index < -0.39 is 6.16 Å². The van der Waals surface area contributed by atoms with Crippen molar-refractivity contribution in [3.8, 4) is 0 Å². The maximum absolute atomic E-state index is 11.0. The summed E-state index contributed by atoms with van der Waals surface area (Å²) in [5.41, 5.74) is 11.1. The van der Waals surface area contributed by atoms with Gasteiger partial charge in [-0.1, -0.05) is 0 Å². The molecule has 1 rings (SSSR count). The molecular formula is C9H17ClN4O3. The van der Waals surface area contributed by atoms with Crippen molar-refractivity contribution in [2.24, 2.45) is 21.7 Å². The Morgan fingerprint density at radius 2 is 2.24 bits per heavy atom. The molecule has 0 aromatic rings. The summed E-state index contributed by atoms with van der Waals surface area (Å²) in [5.74, 6) is -0.0812. The van der Waals surface area contributed by atoms with Crippen molar-refractivity contribution >= 4 is 30.2 Å². The number of nitrogens with two attached hydrogens (primary N) is 2. The summed E-state index contributed by atoms with van der Waals surface area (Å²) >= 11 is 0. The average molecular weight is 265 g/mol. The van der Waals surface area contributed by atoms with E-state index in [1.807, 2.05) is 0 Å². The monoisotopic (exact) mass is 264 g/mol. The summed E-state index contributed by atoms with van der Waals surface area (Å²) in [7, 11) is 0. The highest BCUT2D eigenvalue weighted by atomic mass is 35.5. The number of hydrogen-bond acceptors (Lipinski definition) is 5. The zero-order valence-electron chi connectivity index (χ0n) is 9.59. The number of rotatable bonds is 3. The molecule has 0 aromatic heterocycles. The van der Waals surface area contributed by atoms with Crippen molar-refractivity contribution in [1.82, 2.24) is 0 Å². The van der Waals surface area contributed by atoms with Crippen molar-refractivity contribution in [2.75, 3.05) is 6.61 Å². The Morgan fingerprint density at radius 1 is 1.53 bits per heavy atom. The van der Waals surface area contributed by atoms with E-state index in [-0.39, 0.29) is 24.5 Å². The summed E-state index contributed by atoms with van der Waals surface area (Å²) in [5, 5.41) is 7.39. The Bertz CT molecular complexity index is 315. The van der Waals surface area contributed by atoms with E-state index in [0.717, 1.165) is 18.6 Å². The second kappa shape index (κ2) is 7.72. The minimum absolute atomic E-state index is 0. The molecule has 1 aliphatic carbocycles. The van der Waals surface area contributed by atoms with Crippen molar-refractivity contribution in [2.45, 2.75) is 32.3 Å². The van der Waals surface area contributed by atoms with Crippen LogP contribution in [0.5, 0.6) is 0 Å². The first-order valence-corrected chi connectivity index (χ1v) is 5.09. The molecule has 0 spiro atoms. The first-order chi connectivity index (χ1) is 7.61. The molecule has 98 valence electrons. The smallest absolute Gasteiger partial charge is 0.435 e. The van der Waals surface area contributed by atoms with Gasteiger partial charge in [0.2, 0.25) is 5.96 Å². The topological polar surface area (TPSA) is 112 Å². The third-order valence-corrected chi connectivity index (χ3v) is 2.05. The summed E-state index contributed by atoms with van der Waals surface area (Å²) in [6.07, 6.45) is 1.16. The lowest BCUT2D eigenvalue weighted by molar-refractivity contribution is 0.0302. The largest absolute Gasteiger partial charge is 0.508 e. The first kappa shape index (κ1) is 15.5. The number of carbonyl (C=O) groups excluding carboxylic acids is 1. The molecule has 0 saturated heterocycles. The quantitative estimate of drug-likeness (QED) is 0.338. The number of nitrogens with zero attached hydrogens (tertiary/aromatic N) is 2. The highest BCUT2D eigenvalue weighted by molar-refractivity contribution is 5.88. The maximum Gasteiger partial charge on any atom is 0.508 e. The maximum atomic E-state index is 11.0. The van der Waals surface area contributed by atoms with Gasteiger partial charge >= 0.3 is 6.16 Å². The molecule has 0 radical (unpaired) electrons. The third kappa shape index (κ3) is 5.96. The van der Waals surface area contributed by atoms with Gasteiger partial charge in [0.15, 0.2) is 0 Å². The van der Waals surface area contributed by atoms with Gasteiger partial charge in [-0.2, -0.15) is 5.10 Å². The van der Waals surface area contributed by atoms with Crippen LogP contribution in [0.1, 0.15) is 26.2 Å². The van der Waals surface area contributed by atoms with Gasteiger partial charge in [-0.15, -0.1) is 17.5 Å². The van der Waals surface area contributed by atoms with Crippen LogP contribution in [0.15, 0.2) is 10.2 Å². The number of ether oxygens (including phenoxy) is 2. The normalized spacial score (nSPS) is 20.5. The van der Waals surface area contributed by atoms with Crippen molar-refractivity contribution in [3.63, 3.8) is 0 Å². The summed E-state index contributed by atoms with van der Waals surface area (Å²) in [6, 6.07) is 0. The van der Waals surface area contributed by atoms with Crippen LogP contribution < -0.4 is 11.5 Å². The van der Waals surface area contributed by atoms with E-state index in [4.69, 9.17) is 16.2 Å². The van der Waals surface area contributed by atoms with E-state index in [1.165, 1.54) is 0 Å². The lowest BCUT2D eigenvalue weighted by atomic mass is 10.3. The summed E-state index contributed by atoms with van der Waals surface area (Å²) < 4.78 is 9.70. The summed E-state index contributed by atoms with van der Waals surface area (Å²) in [6.45, 7) is 2.03. The standard InChI is InChI=1S/C9H16N4O3.ClH/c1-2-15-9(14)16-7-4-3-6(5-7)12-13-8(10)11;/h7H,2-5H2,1H3,(H4,10,11,13);1H/b12-6+;. The van der Waals surface area contributed by atoms with E-state index in [1.54, 1.807) is 6.92 Å². The number of carbonyl (C=O) groups is 1. The Kier molecular flexibility index (Phi) is 7.04. The zero-order chi connectivity index (χ0) is 12.0. The van der Waals surface area contributed by atoms with Gasteiger partial charge in [-0.05, 0) is 19.8 Å². The molecule has 0 heterocycles. The lowest BCUT2D eigenvalue weighted by Crippen LogP contribution is -2.22. The molecule has 0 aromatic carbocycles. The van der Waals surface area contributed by atoms with E-state index >= 15 is 0 Å². The molecule has 1 saturated carbocycles. The fourth-order valence-electron chi connectivity index (χ4n) is 1.40. The number of halogens is 1. The molecule has 4 N–H and O–H groups in total. The Labute approximate surface area is 106 Å². The zero-order valence-corrected chi connectivity index (χ0v) is 10.4. The number of guanidine groups is 1. The van der Waals surface area contributed by atoms with Crippen molar-refractivity contribution in [3.05, 3.63) is 0 Å². The molecule has 1 atom stereocenters. The molecule has 0 bridgehead atoms. The average Bonchev–Trinajstić information content (AvgIpc) is 2.63. The first-order valence-electron chi connectivity index (χ1n) is 5.09. The molecule has 0 amide bonds. The van der Waals surface area contributed by atoms with Gasteiger partial charge in [0.1, 0.15) is 6.10 Å². The fourth-order valence-corrected chi connectivity index (χ4v) is 1.40. The van der Waals surface area contributed by atoms with Crippen molar-refractivity contribution in [1.29, 1.82) is 0 Å². The summed E-state index contributed by atoms with van der Waals surface area (Å²) in [4.78, 5) is 11.0. The second-order valence-electron chi connectivity index (χ2n) is 3.36. The van der Waals surface area contributed by atoms with E-state index in [0.29, 0.717) is 13.0 Å². The van der Waals surface area contributed by atoms with Gasteiger partial charge < -0.3 is 20.9 Å². The molecule has 8 heteroatoms. The minimum Gasteiger partial charge on any atom is -0.435 e. The van der Waals surface area contributed by atoms with Crippen LogP contribution in [-0.4, -0.2) is 30.5 Å². The van der Waals surface area contributed by atoms with Gasteiger partial charge in [0, 0.05) is 12.1 Å². The minimum atomic E-state index is -0.643. The van der Waals surface area contributed by atoms with E-state index in [9.17, 15) is 4.79 Å². The molecule has 7 nitrogen and oxygen atoms in total. The van der Waals surface area contributed by atoms with Gasteiger partial charge in [-0.3, -0.25) is 0 Å². The predicted molar refractivity (Wildman–Crippen MR) is 66.2 cm³/mol. The van der Waals surface area contributed by atoms with Crippen molar-refractivity contribution < 1.29 is 14.3 Å². The molecule has 0 aliphatic heterocycles. The number of hydrogen-bond donors (Lipinski definition) is 2.